The maximum atomic E-state index is 8.80. The molecular formula is C14H14N2OS. The number of thiazole rings is 1. The molecule has 0 saturated carbocycles. The summed E-state index contributed by atoms with van der Waals surface area (Å²) in [4.78, 5) is 4.27. The van der Waals surface area contributed by atoms with Crippen LogP contribution >= 0.6 is 11.3 Å². The molecule has 2 rings (SSSR count). The zero-order valence-corrected chi connectivity index (χ0v) is 11.4. The second-order valence-corrected chi connectivity index (χ2v) is 5.12. The first-order valence-corrected chi connectivity index (χ1v) is 6.57. The van der Waals surface area contributed by atoms with Gasteiger partial charge in [-0.25, -0.2) is 4.98 Å². The lowest BCUT2D eigenvalue weighted by Gasteiger charge is -2.12. The summed E-state index contributed by atoms with van der Waals surface area (Å²) in [5, 5.41) is 11.4. The molecule has 0 aliphatic carbocycles. The third-order valence-electron chi connectivity index (χ3n) is 2.72. The fourth-order valence-electron chi connectivity index (χ4n) is 1.78. The van der Waals surface area contributed by atoms with Crippen molar-refractivity contribution in [2.24, 2.45) is 0 Å². The molecule has 1 aromatic heterocycles. The average molecular weight is 258 g/mol. The maximum absolute atomic E-state index is 8.80. The number of methoxy groups -OCH3 is 1. The van der Waals surface area contributed by atoms with E-state index in [4.69, 9.17) is 10.00 Å². The minimum Gasteiger partial charge on any atom is -0.496 e. The Bertz CT molecular complexity index is 596. The zero-order chi connectivity index (χ0) is 13.1. The Balaban J connectivity index is 2.46. The first-order valence-electron chi connectivity index (χ1n) is 5.69. The van der Waals surface area contributed by atoms with Crippen molar-refractivity contribution in [2.75, 3.05) is 7.11 Å². The van der Waals surface area contributed by atoms with Crippen molar-refractivity contribution in [3.8, 4) is 22.4 Å². The van der Waals surface area contributed by atoms with Crippen LogP contribution in [0.5, 0.6) is 5.75 Å². The zero-order valence-electron chi connectivity index (χ0n) is 10.6. The van der Waals surface area contributed by atoms with Crippen LogP contribution in [0.4, 0.5) is 0 Å². The van der Waals surface area contributed by atoms with Gasteiger partial charge in [0.2, 0.25) is 0 Å². The van der Waals surface area contributed by atoms with Crippen molar-refractivity contribution in [1.29, 1.82) is 5.26 Å². The van der Waals surface area contributed by atoms with Gasteiger partial charge in [0.15, 0.2) is 5.69 Å². The second kappa shape index (κ2) is 5.19. The van der Waals surface area contributed by atoms with Gasteiger partial charge in [0, 0.05) is 10.9 Å². The monoisotopic (exact) mass is 258 g/mol. The molecular weight excluding hydrogens is 244 g/mol. The highest BCUT2D eigenvalue weighted by atomic mass is 32.1. The third kappa shape index (κ3) is 2.36. The lowest BCUT2D eigenvalue weighted by atomic mass is 10.00. The molecule has 0 unspecified atom stereocenters. The summed E-state index contributed by atoms with van der Waals surface area (Å²) in [6, 6.07) is 8.07. The summed E-state index contributed by atoms with van der Waals surface area (Å²) in [6.45, 7) is 4.26. The lowest BCUT2D eigenvalue weighted by Crippen LogP contribution is -1.94. The molecule has 0 N–H and O–H groups in total. The summed E-state index contributed by atoms with van der Waals surface area (Å²) in [7, 11) is 1.68. The summed E-state index contributed by atoms with van der Waals surface area (Å²) >= 11 is 1.49. The van der Waals surface area contributed by atoms with Gasteiger partial charge in [-0.05, 0) is 29.7 Å². The van der Waals surface area contributed by atoms with Gasteiger partial charge in [-0.1, -0.05) is 13.8 Å². The van der Waals surface area contributed by atoms with Crippen LogP contribution in [-0.2, 0) is 0 Å². The number of ether oxygens (including phenoxy) is 1. The Labute approximate surface area is 111 Å². The van der Waals surface area contributed by atoms with Crippen molar-refractivity contribution in [3.63, 3.8) is 0 Å². The van der Waals surface area contributed by atoms with Crippen molar-refractivity contribution >= 4 is 11.3 Å². The van der Waals surface area contributed by atoms with Gasteiger partial charge in [0.1, 0.15) is 16.8 Å². The first kappa shape index (κ1) is 12.6. The molecule has 0 spiro atoms. The molecule has 92 valence electrons. The molecule has 0 amide bonds. The van der Waals surface area contributed by atoms with Gasteiger partial charge in [-0.2, -0.15) is 5.26 Å². The van der Waals surface area contributed by atoms with Gasteiger partial charge in [0.05, 0.1) is 7.11 Å². The predicted octanol–water partition coefficient (Wildman–Crippen LogP) is 3.81. The molecule has 0 aliphatic heterocycles. The maximum Gasteiger partial charge on any atom is 0.152 e. The number of nitrogens with zero attached hydrogens (tertiary/aromatic N) is 2. The van der Waals surface area contributed by atoms with Crippen LogP contribution in [0.25, 0.3) is 10.6 Å². The Morgan fingerprint density at radius 3 is 2.72 bits per heavy atom. The predicted molar refractivity (Wildman–Crippen MR) is 72.9 cm³/mol. The Kier molecular flexibility index (Phi) is 3.63. The molecule has 0 saturated heterocycles. The van der Waals surface area contributed by atoms with Crippen LogP contribution in [0.15, 0.2) is 23.6 Å². The van der Waals surface area contributed by atoms with Crippen LogP contribution in [0.3, 0.4) is 0 Å². The van der Waals surface area contributed by atoms with Gasteiger partial charge in [0.25, 0.3) is 0 Å². The van der Waals surface area contributed by atoms with E-state index in [2.05, 4.69) is 31.0 Å². The fourth-order valence-corrected chi connectivity index (χ4v) is 2.52. The molecule has 4 heteroatoms. The Morgan fingerprint density at radius 1 is 1.39 bits per heavy atom. The molecule has 2 aromatic rings. The van der Waals surface area contributed by atoms with Gasteiger partial charge >= 0.3 is 0 Å². The quantitative estimate of drug-likeness (QED) is 0.840. The van der Waals surface area contributed by atoms with Crippen LogP contribution in [0.2, 0.25) is 0 Å². The molecule has 0 radical (unpaired) electrons. The summed E-state index contributed by atoms with van der Waals surface area (Å²) < 4.78 is 5.35. The van der Waals surface area contributed by atoms with Crippen LogP contribution < -0.4 is 4.74 Å². The van der Waals surface area contributed by atoms with E-state index in [0.29, 0.717) is 11.6 Å². The van der Waals surface area contributed by atoms with Crippen molar-refractivity contribution in [1.82, 2.24) is 4.98 Å². The topological polar surface area (TPSA) is 45.9 Å². The number of rotatable bonds is 3. The highest BCUT2D eigenvalue weighted by Gasteiger charge is 2.11. The van der Waals surface area contributed by atoms with E-state index < -0.39 is 0 Å². The van der Waals surface area contributed by atoms with E-state index in [1.54, 1.807) is 12.5 Å². The Morgan fingerprint density at radius 2 is 2.17 bits per heavy atom. The summed E-state index contributed by atoms with van der Waals surface area (Å²) in [5.74, 6) is 1.28. The number of nitriles is 1. The minimum atomic E-state index is 0.385. The molecule has 3 nitrogen and oxygen atoms in total. The Hall–Kier alpha value is -1.86. The van der Waals surface area contributed by atoms with Crippen LogP contribution in [-0.4, -0.2) is 12.1 Å². The van der Waals surface area contributed by atoms with E-state index >= 15 is 0 Å². The van der Waals surface area contributed by atoms with Gasteiger partial charge < -0.3 is 4.74 Å². The first-order chi connectivity index (χ1) is 8.65. The minimum absolute atomic E-state index is 0.385. The summed E-state index contributed by atoms with van der Waals surface area (Å²) in [5.41, 5.74) is 2.66. The smallest absolute Gasteiger partial charge is 0.152 e. The van der Waals surface area contributed by atoms with Crippen molar-refractivity contribution in [2.45, 2.75) is 19.8 Å². The van der Waals surface area contributed by atoms with E-state index in [1.807, 2.05) is 12.1 Å². The molecule has 0 atom stereocenters. The van der Waals surface area contributed by atoms with Crippen molar-refractivity contribution < 1.29 is 4.74 Å². The van der Waals surface area contributed by atoms with E-state index in [-0.39, 0.29) is 0 Å². The molecule has 1 heterocycles. The van der Waals surface area contributed by atoms with E-state index in [9.17, 15) is 0 Å². The normalized spacial score (nSPS) is 10.4. The molecule has 1 aromatic carbocycles. The van der Waals surface area contributed by atoms with Gasteiger partial charge in [-0.3, -0.25) is 0 Å². The van der Waals surface area contributed by atoms with Crippen LogP contribution in [0, 0.1) is 11.3 Å². The SMILES string of the molecule is COc1ccc(-c2nc(C#N)cs2)cc1C(C)C. The molecule has 0 aliphatic rings. The van der Waals surface area contributed by atoms with Crippen LogP contribution in [0.1, 0.15) is 31.0 Å². The van der Waals surface area contributed by atoms with Gasteiger partial charge in [-0.15, -0.1) is 11.3 Å². The standard InChI is InChI=1S/C14H14N2OS/c1-9(2)12-6-10(4-5-13(12)17-3)14-16-11(7-15)8-18-14/h4-6,8-9H,1-3H3. The highest BCUT2D eigenvalue weighted by Crippen LogP contribution is 2.32. The van der Waals surface area contributed by atoms with E-state index in [1.165, 1.54) is 11.3 Å². The molecule has 18 heavy (non-hydrogen) atoms. The number of hydrogen-bond acceptors (Lipinski definition) is 4. The third-order valence-corrected chi connectivity index (χ3v) is 3.61. The largest absolute Gasteiger partial charge is 0.496 e. The number of hydrogen-bond donors (Lipinski definition) is 0. The second-order valence-electron chi connectivity index (χ2n) is 4.26. The molecule has 0 fully saturated rings. The summed E-state index contributed by atoms with van der Waals surface area (Å²) in [6.07, 6.45) is 0. The fraction of sp³-hybridized carbons (Fsp3) is 0.286. The lowest BCUT2D eigenvalue weighted by molar-refractivity contribution is 0.407. The number of benzene rings is 1. The van der Waals surface area contributed by atoms with E-state index in [0.717, 1.165) is 21.9 Å². The number of aromatic nitrogens is 1. The highest BCUT2D eigenvalue weighted by molar-refractivity contribution is 7.13. The van der Waals surface area contributed by atoms with Crippen molar-refractivity contribution in [3.05, 3.63) is 34.8 Å². The average Bonchev–Trinajstić information content (AvgIpc) is 2.86. The molecule has 0 bridgehead atoms.